The number of anilines is 2. The van der Waals surface area contributed by atoms with Crippen molar-refractivity contribution in [2.45, 2.75) is 25.3 Å². The van der Waals surface area contributed by atoms with Crippen molar-refractivity contribution in [1.82, 2.24) is 24.8 Å². The van der Waals surface area contributed by atoms with Gasteiger partial charge < -0.3 is 15.8 Å². The molecule has 8 heteroatoms. The van der Waals surface area contributed by atoms with Crippen molar-refractivity contribution in [2.24, 2.45) is 0 Å². The minimum Gasteiger partial charge on any atom is -0.497 e. The molecule has 3 heterocycles. The molecule has 1 aliphatic rings. The molecule has 1 saturated carbocycles. The molecule has 0 saturated heterocycles. The lowest BCUT2D eigenvalue weighted by Crippen LogP contribution is -2.08. The van der Waals surface area contributed by atoms with Crippen LogP contribution in [0.15, 0.2) is 42.6 Å². The third-order valence-electron chi connectivity index (χ3n) is 5.01. The number of nitrogens with zero attached hydrogens (tertiary/aromatic N) is 4. The van der Waals surface area contributed by atoms with Crippen molar-refractivity contribution in [2.75, 3.05) is 18.2 Å². The zero-order valence-electron chi connectivity index (χ0n) is 15.5. The summed E-state index contributed by atoms with van der Waals surface area (Å²) >= 11 is 0. The zero-order valence-corrected chi connectivity index (χ0v) is 15.5. The molecule has 1 fully saturated rings. The lowest BCUT2D eigenvalue weighted by atomic mass is 10.1. The average Bonchev–Trinajstić information content (AvgIpc) is 3.29. The van der Waals surface area contributed by atoms with Crippen LogP contribution in [0.1, 0.15) is 30.0 Å². The van der Waals surface area contributed by atoms with E-state index in [-0.39, 0.29) is 5.95 Å². The molecule has 4 N–H and O–H groups in total. The van der Waals surface area contributed by atoms with Crippen molar-refractivity contribution in [1.29, 1.82) is 0 Å². The molecule has 0 spiro atoms. The van der Waals surface area contributed by atoms with Crippen molar-refractivity contribution < 1.29 is 4.74 Å². The van der Waals surface area contributed by atoms with Crippen molar-refractivity contribution in [3.05, 3.63) is 53.9 Å². The molecule has 28 heavy (non-hydrogen) atoms. The number of hydrogen-bond donors (Lipinski definition) is 3. The summed E-state index contributed by atoms with van der Waals surface area (Å²) in [4.78, 5) is 4.44. The topological polar surface area (TPSA) is 106 Å². The largest absolute Gasteiger partial charge is 0.497 e. The van der Waals surface area contributed by atoms with Crippen LogP contribution in [0, 0.1) is 0 Å². The Morgan fingerprint density at radius 2 is 2.18 bits per heavy atom. The maximum absolute atomic E-state index is 5.91. The van der Waals surface area contributed by atoms with E-state index < -0.39 is 0 Å². The first-order valence-electron chi connectivity index (χ1n) is 9.28. The summed E-state index contributed by atoms with van der Waals surface area (Å²) in [7, 11) is 1.66. The molecule has 4 aromatic rings. The first kappa shape index (κ1) is 16.6. The molecule has 8 nitrogen and oxygen atoms in total. The molecule has 0 radical (unpaired) electrons. The first-order chi connectivity index (χ1) is 13.7. The highest BCUT2D eigenvalue weighted by molar-refractivity contribution is 5.87. The van der Waals surface area contributed by atoms with Crippen molar-refractivity contribution in [3.63, 3.8) is 0 Å². The summed E-state index contributed by atoms with van der Waals surface area (Å²) in [6.07, 6.45) is 4.33. The van der Waals surface area contributed by atoms with Crippen LogP contribution in [0.3, 0.4) is 0 Å². The third-order valence-corrected chi connectivity index (χ3v) is 5.01. The zero-order chi connectivity index (χ0) is 19.1. The number of aromatic amines is 1. The Labute approximate surface area is 161 Å². The van der Waals surface area contributed by atoms with E-state index in [4.69, 9.17) is 10.5 Å². The van der Waals surface area contributed by atoms with E-state index in [2.05, 4.69) is 31.7 Å². The maximum atomic E-state index is 5.91. The Balaban J connectivity index is 1.50. The van der Waals surface area contributed by atoms with E-state index in [0.29, 0.717) is 18.3 Å². The summed E-state index contributed by atoms with van der Waals surface area (Å²) in [5.74, 6) is 2.32. The monoisotopic (exact) mass is 375 g/mol. The van der Waals surface area contributed by atoms with Gasteiger partial charge in [-0.1, -0.05) is 12.1 Å². The number of fused-ring (bicyclic) bond motifs is 1. The summed E-state index contributed by atoms with van der Waals surface area (Å²) in [5, 5.41) is 15.4. The molecule has 5 rings (SSSR count). The number of nitrogen functional groups attached to an aromatic ring is 1. The van der Waals surface area contributed by atoms with Gasteiger partial charge in [-0.3, -0.25) is 5.10 Å². The second-order valence-corrected chi connectivity index (χ2v) is 7.03. The van der Waals surface area contributed by atoms with Gasteiger partial charge in [-0.05, 0) is 42.7 Å². The van der Waals surface area contributed by atoms with Crippen LogP contribution in [0.2, 0.25) is 0 Å². The number of hydrogen-bond acceptors (Lipinski definition) is 6. The van der Waals surface area contributed by atoms with Crippen LogP contribution in [0.4, 0.5) is 11.8 Å². The second kappa shape index (κ2) is 6.56. The fraction of sp³-hybridized carbons (Fsp3) is 0.250. The Kier molecular flexibility index (Phi) is 3.89. The van der Waals surface area contributed by atoms with Gasteiger partial charge in [0.25, 0.3) is 0 Å². The number of benzene rings is 1. The Hall–Kier alpha value is -3.55. The highest BCUT2D eigenvalue weighted by Crippen LogP contribution is 2.40. The number of aromatic nitrogens is 5. The van der Waals surface area contributed by atoms with Gasteiger partial charge >= 0.3 is 0 Å². The molecular formula is C20H21N7O. The number of rotatable bonds is 6. The fourth-order valence-electron chi connectivity index (χ4n) is 3.42. The van der Waals surface area contributed by atoms with Gasteiger partial charge in [-0.25, -0.2) is 4.52 Å². The molecule has 0 atom stereocenters. The van der Waals surface area contributed by atoms with Gasteiger partial charge in [-0.2, -0.15) is 10.1 Å². The smallest absolute Gasteiger partial charge is 0.240 e. The van der Waals surface area contributed by atoms with E-state index in [9.17, 15) is 0 Å². The van der Waals surface area contributed by atoms with Crippen LogP contribution >= 0.6 is 0 Å². The summed E-state index contributed by atoms with van der Waals surface area (Å²) in [5.41, 5.74) is 10.9. The number of H-pyrrole nitrogens is 1. The van der Waals surface area contributed by atoms with Gasteiger partial charge in [-0.15, -0.1) is 5.10 Å². The van der Waals surface area contributed by atoms with Crippen molar-refractivity contribution in [3.8, 4) is 17.0 Å². The molecule has 1 aliphatic carbocycles. The summed E-state index contributed by atoms with van der Waals surface area (Å²) in [6.45, 7) is 0.585. The molecule has 0 aliphatic heterocycles. The quantitative estimate of drug-likeness (QED) is 0.478. The summed E-state index contributed by atoms with van der Waals surface area (Å²) in [6, 6.07) is 12.0. The third kappa shape index (κ3) is 3.02. The van der Waals surface area contributed by atoms with E-state index in [0.717, 1.165) is 28.1 Å². The SMILES string of the molecule is COc1cccc(CNc2nc(N)nn3ccc(-c4cc(C5CC5)[nH]n4)c23)c1. The van der Waals surface area contributed by atoms with Crippen LogP contribution in [0.25, 0.3) is 16.8 Å². The molecule has 0 amide bonds. The summed E-state index contributed by atoms with van der Waals surface area (Å²) < 4.78 is 7.05. The number of nitrogens with two attached hydrogens (primary N) is 1. The number of methoxy groups -OCH3 is 1. The van der Waals surface area contributed by atoms with Gasteiger partial charge in [0, 0.05) is 29.9 Å². The average molecular weight is 375 g/mol. The minimum absolute atomic E-state index is 0.212. The first-order valence-corrected chi connectivity index (χ1v) is 9.28. The predicted molar refractivity (Wildman–Crippen MR) is 107 cm³/mol. The van der Waals surface area contributed by atoms with E-state index in [1.54, 1.807) is 11.6 Å². The normalized spacial score (nSPS) is 13.8. The molecular weight excluding hydrogens is 354 g/mol. The minimum atomic E-state index is 0.212. The predicted octanol–water partition coefficient (Wildman–Crippen LogP) is 3.20. The number of nitrogens with one attached hydrogen (secondary N) is 2. The highest BCUT2D eigenvalue weighted by Gasteiger charge is 2.26. The molecule has 1 aromatic carbocycles. The van der Waals surface area contributed by atoms with Crippen LogP contribution in [0.5, 0.6) is 5.75 Å². The fourth-order valence-corrected chi connectivity index (χ4v) is 3.42. The van der Waals surface area contributed by atoms with Gasteiger partial charge in [0.2, 0.25) is 5.95 Å². The van der Waals surface area contributed by atoms with E-state index in [1.807, 2.05) is 36.5 Å². The Bertz CT molecular complexity index is 1140. The molecule has 0 unspecified atom stereocenters. The second-order valence-electron chi connectivity index (χ2n) is 7.03. The molecule has 3 aromatic heterocycles. The lowest BCUT2D eigenvalue weighted by molar-refractivity contribution is 0.414. The maximum Gasteiger partial charge on any atom is 0.240 e. The Morgan fingerprint density at radius 1 is 1.29 bits per heavy atom. The van der Waals surface area contributed by atoms with Crippen LogP contribution in [-0.2, 0) is 6.54 Å². The lowest BCUT2D eigenvalue weighted by Gasteiger charge is -2.10. The van der Waals surface area contributed by atoms with Gasteiger partial charge in [0.1, 0.15) is 11.3 Å². The standard InChI is InChI=1S/C20H21N7O/c1-28-14-4-2-3-12(9-14)11-22-19-18-15(7-8-27(18)26-20(21)23-19)17-10-16(24-25-17)13-5-6-13/h2-4,7-10,13H,5-6,11H2,1H3,(H,24,25)(H3,21,22,23,26). The highest BCUT2D eigenvalue weighted by atomic mass is 16.5. The number of ether oxygens (including phenoxy) is 1. The van der Waals surface area contributed by atoms with E-state index in [1.165, 1.54) is 18.5 Å². The van der Waals surface area contributed by atoms with Crippen LogP contribution < -0.4 is 15.8 Å². The van der Waals surface area contributed by atoms with Crippen LogP contribution in [-0.4, -0.2) is 31.9 Å². The molecule has 142 valence electrons. The van der Waals surface area contributed by atoms with Gasteiger partial charge in [0.05, 0.1) is 12.8 Å². The molecule has 0 bridgehead atoms. The van der Waals surface area contributed by atoms with Crippen molar-refractivity contribution >= 4 is 17.3 Å². The Morgan fingerprint density at radius 3 is 3.00 bits per heavy atom. The van der Waals surface area contributed by atoms with E-state index >= 15 is 0 Å². The van der Waals surface area contributed by atoms with Gasteiger partial charge in [0.15, 0.2) is 5.82 Å².